The van der Waals surface area contributed by atoms with Gasteiger partial charge in [-0.25, -0.2) is 9.50 Å². The highest BCUT2D eigenvalue weighted by atomic mass is 16.5. The van der Waals surface area contributed by atoms with Crippen molar-refractivity contribution in [1.82, 2.24) is 24.5 Å². The molecule has 1 amide bonds. The molecule has 11 heteroatoms. The van der Waals surface area contributed by atoms with Crippen LogP contribution in [-0.2, 0) is 4.74 Å². The van der Waals surface area contributed by atoms with E-state index in [1.54, 1.807) is 10.6 Å². The van der Waals surface area contributed by atoms with Crippen LogP contribution in [-0.4, -0.2) is 64.5 Å². The Bertz CT molecular complexity index is 1900. The summed E-state index contributed by atoms with van der Waals surface area (Å²) in [4.78, 5) is 33.9. The lowest BCUT2D eigenvalue weighted by atomic mass is 9.94. The van der Waals surface area contributed by atoms with Gasteiger partial charge in [-0.2, -0.15) is 5.10 Å². The molecule has 0 atom stereocenters. The van der Waals surface area contributed by atoms with E-state index in [2.05, 4.69) is 31.7 Å². The predicted octanol–water partition coefficient (Wildman–Crippen LogP) is 3.99. The van der Waals surface area contributed by atoms with E-state index in [9.17, 15) is 9.59 Å². The number of nitrogens with one attached hydrogen (secondary N) is 2. The van der Waals surface area contributed by atoms with Gasteiger partial charge in [-0.1, -0.05) is 30.3 Å². The van der Waals surface area contributed by atoms with Crippen molar-refractivity contribution in [2.24, 2.45) is 0 Å². The molecule has 230 valence electrons. The van der Waals surface area contributed by atoms with E-state index in [-0.39, 0.29) is 11.1 Å². The Morgan fingerprint density at radius 1 is 1.02 bits per heavy atom. The van der Waals surface area contributed by atoms with Crippen molar-refractivity contribution >= 4 is 28.6 Å². The minimum atomic E-state index is -0.466. The molecule has 0 spiro atoms. The third kappa shape index (κ3) is 5.45. The minimum absolute atomic E-state index is 0.0741. The minimum Gasteiger partial charge on any atom is -0.382 e. The first-order chi connectivity index (χ1) is 22.0. The zero-order valence-electron chi connectivity index (χ0n) is 25.2. The second kappa shape index (κ2) is 12.2. The van der Waals surface area contributed by atoms with Gasteiger partial charge in [0.05, 0.1) is 18.9 Å². The largest absolute Gasteiger partial charge is 0.382 e. The number of ether oxygens (including phenoxy) is 1. The average Bonchev–Trinajstić information content (AvgIpc) is 3.47. The van der Waals surface area contributed by atoms with Crippen LogP contribution in [0, 0.1) is 6.92 Å². The lowest BCUT2D eigenvalue weighted by molar-refractivity contribution is 0.102. The van der Waals surface area contributed by atoms with Gasteiger partial charge in [0.15, 0.2) is 5.82 Å². The van der Waals surface area contributed by atoms with Crippen molar-refractivity contribution < 1.29 is 9.53 Å². The number of benzene rings is 2. The molecular weight excluding hydrogens is 568 g/mol. The number of carbonyl (C=O) groups is 1. The first-order valence-corrected chi connectivity index (χ1v) is 15.4. The number of nitrogens with two attached hydrogens (primary N) is 1. The molecule has 4 N–H and O–H groups in total. The first kappa shape index (κ1) is 28.8. The van der Waals surface area contributed by atoms with Crippen LogP contribution in [0.2, 0.25) is 0 Å². The SMILES string of the molecule is Cc1c(N2CCOCC2)cc(C(=O)Nc2ccc(-c3cc(C4CCNCC4)n4ncnc(N)c34)cc2)c(=O)n1-c1ccccc1. The highest BCUT2D eigenvalue weighted by Crippen LogP contribution is 2.36. The molecule has 2 aliphatic heterocycles. The number of fused-ring (bicyclic) bond motifs is 1. The quantitative estimate of drug-likeness (QED) is 0.265. The van der Waals surface area contributed by atoms with Crippen LogP contribution in [0.4, 0.5) is 17.2 Å². The number of pyridine rings is 1. The molecule has 7 rings (SSSR count). The van der Waals surface area contributed by atoms with Gasteiger partial charge in [-0.15, -0.1) is 0 Å². The van der Waals surface area contributed by atoms with Crippen LogP contribution in [0.15, 0.2) is 77.9 Å². The van der Waals surface area contributed by atoms with Gasteiger partial charge >= 0.3 is 0 Å². The molecule has 3 aromatic heterocycles. The third-order valence-corrected chi connectivity index (χ3v) is 8.85. The first-order valence-electron chi connectivity index (χ1n) is 15.4. The number of hydrogen-bond donors (Lipinski definition) is 3. The number of rotatable bonds is 6. The summed E-state index contributed by atoms with van der Waals surface area (Å²) in [5.74, 6) is 0.326. The van der Waals surface area contributed by atoms with E-state index in [1.165, 1.54) is 6.33 Å². The van der Waals surface area contributed by atoms with Crippen LogP contribution in [0.5, 0.6) is 0 Å². The van der Waals surface area contributed by atoms with E-state index in [0.29, 0.717) is 49.4 Å². The summed E-state index contributed by atoms with van der Waals surface area (Å²) < 4.78 is 9.09. The van der Waals surface area contributed by atoms with Crippen LogP contribution in [0.25, 0.3) is 22.3 Å². The summed E-state index contributed by atoms with van der Waals surface area (Å²) in [6, 6.07) is 20.9. The van der Waals surface area contributed by atoms with Crippen molar-refractivity contribution in [1.29, 1.82) is 0 Å². The molecule has 2 aromatic carbocycles. The number of nitrogen functional groups attached to an aromatic ring is 1. The Morgan fingerprint density at radius 2 is 1.76 bits per heavy atom. The molecule has 45 heavy (non-hydrogen) atoms. The maximum Gasteiger partial charge on any atom is 0.268 e. The number of anilines is 3. The van der Waals surface area contributed by atoms with E-state index in [0.717, 1.165) is 59.7 Å². The van der Waals surface area contributed by atoms with Crippen molar-refractivity contribution in [2.45, 2.75) is 25.7 Å². The monoisotopic (exact) mass is 604 g/mol. The van der Waals surface area contributed by atoms with Crippen LogP contribution in [0.1, 0.15) is 40.5 Å². The number of carbonyl (C=O) groups excluding carboxylic acids is 1. The fraction of sp³-hybridized carbons (Fsp3) is 0.294. The Balaban J connectivity index is 1.21. The summed E-state index contributed by atoms with van der Waals surface area (Å²) in [6.45, 7) is 6.39. The zero-order valence-corrected chi connectivity index (χ0v) is 25.2. The third-order valence-electron chi connectivity index (χ3n) is 8.85. The van der Waals surface area contributed by atoms with Gasteiger partial charge in [-0.3, -0.25) is 14.2 Å². The molecule has 0 radical (unpaired) electrons. The van der Waals surface area contributed by atoms with Gasteiger partial charge in [-0.05, 0) is 74.8 Å². The fourth-order valence-corrected chi connectivity index (χ4v) is 6.52. The maximum atomic E-state index is 13.8. The van der Waals surface area contributed by atoms with Gasteiger partial charge < -0.3 is 26.0 Å². The highest BCUT2D eigenvalue weighted by Gasteiger charge is 2.25. The summed E-state index contributed by atoms with van der Waals surface area (Å²) in [6.07, 6.45) is 3.55. The molecule has 11 nitrogen and oxygen atoms in total. The topological polar surface area (TPSA) is 132 Å². The van der Waals surface area contributed by atoms with E-state index in [4.69, 9.17) is 10.5 Å². The van der Waals surface area contributed by atoms with E-state index < -0.39 is 5.91 Å². The second-order valence-corrected chi connectivity index (χ2v) is 11.5. The van der Waals surface area contributed by atoms with Crippen molar-refractivity contribution in [2.75, 3.05) is 55.3 Å². The molecule has 2 aliphatic rings. The normalized spacial score (nSPS) is 15.8. The molecule has 0 aliphatic carbocycles. The smallest absolute Gasteiger partial charge is 0.268 e. The molecule has 2 fully saturated rings. The Hall–Kier alpha value is -5.00. The molecular formula is C34H36N8O3. The molecule has 0 saturated carbocycles. The van der Waals surface area contributed by atoms with Crippen molar-refractivity contribution in [3.63, 3.8) is 0 Å². The van der Waals surface area contributed by atoms with Crippen LogP contribution in [0.3, 0.4) is 0 Å². The Kier molecular flexibility index (Phi) is 7.78. The second-order valence-electron chi connectivity index (χ2n) is 11.5. The Morgan fingerprint density at radius 3 is 2.49 bits per heavy atom. The Labute approximate surface area is 260 Å². The number of hydrogen-bond acceptors (Lipinski definition) is 8. The van der Waals surface area contributed by atoms with Crippen molar-refractivity contribution in [3.05, 3.63) is 100 Å². The number of para-hydroxylation sites is 1. The molecule has 2 saturated heterocycles. The van der Waals surface area contributed by atoms with E-state index in [1.807, 2.05) is 66.0 Å². The molecule has 0 bridgehead atoms. The van der Waals surface area contributed by atoms with Gasteiger partial charge in [0.1, 0.15) is 17.4 Å². The fourth-order valence-electron chi connectivity index (χ4n) is 6.52. The number of amides is 1. The molecule has 5 aromatic rings. The lowest BCUT2D eigenvalue weighted by Gasteiger charge is -2.31. The summed E-state index contributed by atoms with van der Waals surface area (Å²) in [7, 11) is 0. The predicted molar refractivity (Wildman–Crippen MR) is 175 cm³/mol. The molecule has 0 unspecified atom stereocenters. The van der Waals surface area contributed by atoms with Crippen LogP contribution < -0.4 is 26.8 Å². The summed E-state index contributed by atoms with van der Waals surface area (Å²) in [5, 5.41) is 10.9. The van der Waals surface area contributed by atoms with Gasteiger partial charge in [0.25, 0.3) is 11.5 Å². The number of morpholine rings is 1. The average molecular weight is 605 g/mol. The zero-order chi connectivity index (χ0) is 30.9. The maximum absolute atomic E-state index is 13.8. The van der Waals surface area contributed by atoms with E-state index >= 15 is 0 Å². The highest BCUT2D eigenvalue weighted by molar-refractivity contribution is 6.05. The standard InChI is InChI=1S/C34H36N8O3/c1-22-29(40-15-17-45-18-16-40)20-28(34(44)41(22)26-5-3-2-4-6-26)33(43)39-25-9-7-23(8-10-25)27-19-30(24-11-13-36-14-12-24)42-31(27)32(35)37-21-38-42/h2-10,19-21,24,36H,11-18H2,1H3,(H,39,43)(H2,35,37,38). The van der Waals surface area contributed by atoms with Gasteiger partial charge in [0.2, 0.25) is 0 Å². The molecule has 5 heterocycles. The van der Waals surface area contributed by atoms with Gasteiger partial charge in [0, 0.05) is 47.3 Å². The number of aromatic nitrogens is 4. The van der Waals surface area contributed by atoms with Crippen molar-refractivity contribution in [3.8, 4) is 16.8 Å². The number of piperidine rings is 1. The summed E-state index contributed by atoms with van der Waals surface area (Å²) in [5.41, 5.74) is 12.7. The lowest BCUT2D eigenvalue weighted by Crippen LogP contribution is -2.39. The van der Waals surface area contributed by atoms with Crippen LogP contribution >= 0.6 is 0 Å². The summed E-state index contributed by atoms with van der Waals surface area (Å²) >= 11 is 0. The number of nitrogens with zero attached hydrogens (tertiary/aromatic N) is 5.